The third-order valence-electron chi connectivity index (χ3n) is 6.41. The van der Waals surface area contributed by atoms with Crippen LogP contribution in [0.4, 0.5) is 4.39 Å². The van der Waals surface area contributed by atoms with Gasteiger partial charge in [0.05, 0.1) is 31.3 Å². The SMILES string of the molecule is COc1cccc(S(=O)(=O)N2C[C@@H](COc3cccc(C)n3)[C@@H]3COc4ccc(F)cc4[C@@H]32)c1. The van der Waals surface area contributed by atoms with Gasteiger partial charge in [0, 0.05) is 41.8 Å². The van der Waals surface area contributed by atoms with E-state index in [-0.39, 0.29) is 29.9 Å². The second kappa shape index (κ2) is 8.88. The minimum absolute atomic E-state index is 0.122. The summed E-state index contributed by atoms with van der Waals surface area (Å²) in [6.07, 6.45) is 0. The van der Waals surface area contributed by atoms with Crippen LogP contribution in [0.2, 0.25) is 0 Å². The Morgan fingerprint density at radius 1 is 1.15 bits per heavy atom. The van der Waals surface area contributed by atoms with Crippen molar-refractivity contribution in [2.24, 2.45) is 11.8 Å². The smallest absolute Gasteiger partial charge is 0.243 e. The van der Waals surface area contributed by atoms with E-state index in [1.54, 1.807) is 30.3 Å². The Kier molecular flexibility index (Phi) is 5.91. The summed E-state index contributed by atoms with van der Waals surface area (Å²) in [5, 5.41) is 0. The van der Waals surface area contributed by atoms with E-state index in [0.717, 1.165) is 5.69 Å². The highest BCUT2D eigenvalue weighted by Crippen LogP contribution is 2.49. The summed E-state index contributed by atoms with van der Waals surface area (Å²) in [4.78, 5) is 4.49. The molecule has 0 saturated carbocycles. The molecule has 0 spiro atoms. The van der Waals surface area contributed by atoms with Crippen molar-refractivity contribution in [3.05, 3.63) is 77.7 Å². The highest BCUT2D eigenvalue weighted by atomic mass is 32.2. The van der Waals surface area contributed by atoms with E-state index in [4.69, 9.17) is 14.2 Å². The molecule has 5 rings (SSSR count). The minimum Gasteiger partial charge on any atom is -0.497 e. The Balaban J connectivity index is 1.52. The van der Waals surface area contributed by atoms with E-state index in [2.05, 4.69) is 4.98 Å². The molecular weight excluding hydrogens is 459 g/mol. The summed E-state index contributed by atoms with van der Waals surface area (Å²) >= 11 is 0. The molecule has 178 valence electrons. The Labute approximate surface area is 198 Å². The normalized spacial score (nSPS) is 21.9. The lowest BCUT2D eigenvalue weighted by Gasteiger charge is -2.34. The molecule has 0 aliphatic carbocycles. The predicted octanol–water partition coefficient (Wildman–Crippen LogP) is 3.99. The Morgan fingerprint density at radius 3 is 2.76 bits per heavy atom. The molecule has 2 aromatic carbocycles. The van der Waals surface area contributed by atoms with E-state index in [0.29, 0.717) is 29.5 Å². The van der Waals surface area contributed by atoms with Crippen LogP contribution in [-0.4, -0.2) is 44.6 Å². The molecule has 7 nitrogen and oxygen atoms in total. The fraction of sp³-hybridized carbons (Fsp3) is 0.320. The average molecular weight is 485 g/mol. The first-order chi connectivity index (χ1) is 16.4. The van der Waals surface area contributed by atoms with Crippen LogP contribution < -0.4 is 14.2 Å². The van der Waals surface area contributed by atoms with Crippen LogP contribution in [0.5, 0.6) is 17.4 Å². The van der Waals surface area contributed by atoms with Crippen molar-refractivity contribution in [2.75, 3.05) is 26.9 Å². The van der Waals surface area contributed by atoms with Gasteiger partial charge in [0.25, 0.3) is 0 Å². The topological polar surface area (TPSA) is 78.0 Å². The number of hydrogen-bond acceptors (Lipinski definition) is 6. The molecule has 3 aromatic rings. The van der Waals surface area contributed by atoms with Gasteiger partial charge in [-0.1, -0.05) is 12.1 Å². The highest BCUT2D eigenvalue weighted by molar-refractivity contribution is 7.89. The predicted molar refractivity (Wildman–Crippen MR) is 123 cm³/mol. The van der Waals surface area contributed by atoms with E-state index in [9.17, 15) is 12.8 Å². The van der Waals surface area contributed by atoms with Crippen LogP contribution in [0.3, 0.4) is 0 Å². The number of halogens is 1. The number of benzene rings is 2. The standard InChI is InChI=1S/C25H25FN2O5S/c1-16-5-3-8-24(27-16)33-14-17-13-28(34(29,30)20-7-4-6-19(12-20)31-2)25-21-11-18(26)9-10-23(21)32-15-22(17)25/h3-12,17,22,25H,13-15H2,1-2H3/t17-,22-,25-/m0/s1. The van der Waals surface area contributed by atoms with Crippen molar-refractivity contribution in [2.45, 2.75) is 17.9 Å². The molecule has 0 unspecified atom stereocenters. The first kappa shape index (κ1) is 22.6. The van der Waals surface area contributed by atoms with Crippen LogP contribution in [0.25, 0.3) is 0 Å². The van der Waals surface area contributed by atoms with Crippen molar-refractivity contribution >= 4 is 10.0 Å². The van der Waals surface area contributed by atoms with Gasteiger partial charge in [0.2, 0.25) is 15.9 Å². The van der Waals surface area contributed by atoms with Gasteiger partial charge < -0.3 is 14.2 Å². The Hall–Kier alpha value is -3.17. The molecule has 0 radical (unpaired) electrons. The Bertz CT molecular complexity index is 1320. The molecule has 1 aromatic heterocycles. The van der Waals surface area contributed by atoms with E-state index < -0.39 is 21.9 Å². The van der Waals surface area contributed by atoms with Gasteiger partial charge in [-0.25, -0.2) is 17.8 Å². The number of aromatic nitrogens is 1. The third-order valence-corrected chi connectivity index (χ3v) is 8.26. The highest BCUT2D eigenvalue weighted by Gasteiger charge is 2.51. The number of sulfonamides is 1. The van der Waals surface area contributed by atoms with Crippen molar-refractivity contribution in [3.8, 4) is 17.4 Å². The summed E-state index contributed by atoms with van der Waals surface area (Å²) in [5.41, 5.74) is 1.35. The first-order valence-corrected chi connectivity index (χ1v) is 12.5. The molecule has 0 bridgehead atoms. The van der Waals surface area contributed by atoms with Crippen molar-refractivity contribution in [3.63, 3.8) is 0 Å². The zero-order valence-corrected chi connectivity index (χ0v) is 19.7. The molecule has 34 heavy (non-hydrogen) atoms. The molecule has 2 aliphatic rings. The summed E-state index contributed by atoms with van der Waals surface area (Å²) in [6, 6.07) is 15.5. The summed E-state index contributed by atoms with van der Waals surface area (Å²) in [7, 11) is -2.43. The number of methoxy groups -OCH3 is 1. The molecular formula is C25H25FN2O5S. The van der Waals surface area contributed by atoms with E-state index in [1.807, 2.05) is 19.1 Å². The second-order valence-electron chi connectivity index (χ2n) is 8.54. The van der Waals surface area contributed by atoms with Gasteiger partial charge in [-0.15, -0.1) is 0 Å². The van der Waals surface area contributed by atoms with Crippen LogP contribution >= 0.6 is 0 Å². The number of nitrogens with zero attached hydrogens (tertiary/aromatic N) is 2. The zero-order chi connectivity index (χ0) is 23.9. The first-order valence-electron chi connectivity index (χ1n) is 11.0. The number of rotatable bonds is 6. The van der Waals surface area contributed by atoms with Gasteiger partial charge in [0.15, 0.2) is 0 Å². The lowest BCUT2D eigenvalue weighted by Crippen LogP contribution is -2.35. The number of pyridine rings is 1. The third kappa shape index (κ3) is 4.10. The molecule has 0 amide bonds. The minimum atomic E-state index is -3.92. The lowest BCUT2D eigenvalue weighted by atomic mass is 9.86. The molecule has 3 heterocycles. The number of fused-ring (bicyclic) bond motifs is 3. The number of aryl methyl sites for hydroxylation is 1. The van der Waals surface area contributed by atoms with E-state index >= 15 is 0 Å². The lowest BCUT2D eigenvalue weighted by molar-refractivity contribution is 0.134. The molecule has 2 aliphatic heterocycles. The summed E-state index contributed by atoms with van der Waals surface area (Å²) < 4.78 is 60.4. The van der Waals surface area contributed by atoms with Crippen LogP contribution in [0, 0.1) is 24.6 Å². The molecule has 3 atom stereocenters. The molecule has 9 heteroatoms. The van der Waals surface area contributed by atoms with Gasteiger partial charge in [0.1, 0.15) is 17.3 Å². The second-order valence-corrected chi connectivity index (χ2v) is 10.4. The zero-order valence-electron chi connectivity index (χ0n) is 18.8. The van der Waals surface area contributed by atoms with Gasteiger partial charge in [-0.2, -0.15) is 4.31 Å². The fourth-order valence-electron chi connectivity index (χ4n) is 4.74. The van der Waals surface area contributed by atoms with Gasteiger partial charge >= 0.3 is 0 Å². The molecule has 0 N–H and O–H groups in total. The van der Waals surface area contributed by atoms with Crippen molar-refractivity contribution < 1.29 is 27.0 Å². The number of ether oxygens (including phenoxy) is 3. The maximum Gasteiger partial charge on any atom is 0.243 e. The van der Waals surface area contributed by atoms with Crippen molar-refractivity contribution in [1.29, 1.82) is 0 Å². The quantitative estimate of drug-likeness (QED) is 0.527. The maximum absolute atomic E-state index is 14.2. The van der Waals surface area contributed by atoms with E-state index in [1.165, 1.54) is 29.6 Å². The van der Waals surface area contributed by atoms with Crippen LogP contribution in [0.1, 0.15) is 17.3 Å². The maximum atomic E-state index is 14.2. The monoisotopic (exact) mass is 484 g/mol. The van der Waals surface area contributed by atoms with Gasteiger partial charge in [-0.05, 0) is 43.3 Å². The number of hydrogen-bond donors (Lipinski definition) is 0. The Morgan fingerprint density at radius 2 is 1.97 bits per heavy atom. The fourth-order valence-corrected chi connectivity index (χ4v) is 6.49. The molecule has 1 fully saturated rings. The largest absolute Gasteiger partial charge is 0.497 e. The van der Waals surface area contributed by atoms with Crippen LogP contribution in [0.15, 0.2) is 65.6 Å². The molecule has 1 saturated heterocycles. The van der Waals surface area contributed by atoms with Crippen LogP contribution in [-0.2, 0) is 10.0 Å². The average Bonchev–Trinajstić information content (AvgIpc) is 3.23. The summed E-state index contributed by atoms with van der Waals surface area (Å²) in [6.45, 7) is 2.65. The van der Waals surface area contributed by atoms with Gasteiger partial charge in [-0.3, -0.25) is 0 Å². The van der Waals surface area contributed by atoms with Crippen molar-refractivity contribution in [1.82, 2.24) is 9.29 Å². The summed E-state index contributed by atoms with van der Waals surface area (Å²) in [5.74, 6) is 0.596.